The fraction of sp³-hybridized carbons (Fsp3) is 0.176. The van der Waals surface area contributed by atoms with Gasteiger partial charge in [0.25, 0.3) is 5.56 Å². The quantitative estimate of drug-likeness (QED) is 0.584. The summed E-state index contributed by atoms with van der Waals surface area (Å²) in [6.45, 7) is 3.35. The van der Waals surface area contributed by atoms with Gasteiger partial charge in [-0.25, -0.2) is 13.8 Å². The minimum absolute atomic E-state index is 0.125. The number of aryl methyl sites for hydroxylation is 2. The van der Waals surface area contributed by atoms with Gasteiger partial charge in [0.15, 0.2) is 11.6 Å². The molecule has 1 aromatic carbocycles. The first-order chi connectivity index (χ1) is 12.8. The van der Waals surface area contributed by atoms with E-state index in [9.17, 15) is 18.4 Å². The Bertz CT molecular complexity index is 1270. The first-order valence-corrected chi connectivity index (χ1v) is 8.76. The maximum absolute atomic E-state index is 13.3. The second-order valence-corrected chi connectivity index (χ2v) is 7.18. The monoisotopic (exact) mass is 389 g/mol. The largest absolute Gasteiger partial charge is 0.330 e. The molecule has 4 rings (SSSR count). The average molecular weight is 389 g/mol. The van der Waals surface area contributed by atoms with E-state index in [-0.39, 0.29) is 23.3 Å². The number of carbonyl (C=O) groups is 1. The Kier molecular flexibility index (Phi) is 3.99. The second kappa shape index (κ2) is 6.23. The molecule has 7 nitrogen and oxygen atoms in total. The molecule has 0 aliphatic carbocycles. The first kappa shape index (κ1) is 17.3. The standard InChI is InChI=1S/C17H13F2N5O2S/c1-8-5-13-15(16(26)24-17(21-13)27-9(2)22-24)23(8)7-14(25)20-10-3-4-11(18)12(19)6-10/h3-6H,7H2,1-2H3,(H,20,25). The van der Waals surface area contributed by atoms with Crippen LogP contribution < -0.4 is 10.9 Å². The van der Waals surface area contributed by atoms with Crippen molar-refractivity contribution < 1.29 is 13.6 Å². The summed E-state index contributed by atoms with van der Waals surface area (Å²) in [6, 6.07) is 4.80. The summed E-state index contributed by atoms with van der Waals surface area (Å²) in [5, 5.41) is 7.34. The molecule has 3 heterocycles. The number of nitrogens with zero attached hydrogens (tertiary/aromatic N) is 4. The highest BCUT2D eigenvalue weighted by Crippen LogP contribution is 2.19. The average Bonchev–Trinajstić information content (AvgIpc) is 3.11. The molecule has 3 aromatic heterocycles. The second-order valence-electron chi connectivity index (χ2n) is 6.02. The normalized spacial score (nSPS) is 11.4. The van der Waals surface area contributed by atoms with Crippen molar-refractivity contribution in [2.45, 2.75) is 20.4 Å². The van der Waals surface area contributed by atoms with Crippen LogP contribution in [-0.2, 0) is 11.3 Å². The Balaban J connectivity index is 1.71. The molecule has 0 atom stereocenters. The molecule has 0 aliphatic heterocycles. The van der Waals surface area contributed by atoms with Crippen LogP contribution in [0.4, 0.5) is 14.5 Å². The number of hydrogen-bond donors (Lipinski definition) is 1. The van der Waals surface area contributed by atoms with Gasteiger partial charge in [0.2, 0.25) is 10.9 Å². The van der Waals surface area contributed by atoms with E-state index in [2.05, 4.69) is 15.4 Å². The molecule has 0 saturated carbocycles. The number of fused-ring (bicyclic) bond motifs is 2. The summed E-state index contributed by atoms with van der Waals surface area (Å²) in [4.78, 5) is 30.0. The van der Waals surface area contributed by atoms with Crippen LogP contribution in [-0.4, -0.2) is 25.1 Å². The number of anilines is 1. The number of amides is 1. The summed E-state index contributed by atoms with van der Waals surface area (Å²) in [6.07, 6.45) is 0. The van der Waals surface area contributed by atoms with E-state index in [0.717, 1.165) is 12.1 Å². The van der Waals surface area contributed by atoms with Crippen molar-refractivity contribution in [3.05, 3.63) is 57.0 Å². The number of benzene rings is 1. The SMILES string of the molecule is Cc1nn2c(=O)c3c(cc(C)n3CC(=O)Nc3ccc(F)c(F)c3)nc2s1. The molecule has 1 N–H and O–H groups in total. The van der Waals surface area contributed by atoms with Gasteiger partial charge in [0.05, 0.1) is 5.52 Å². The highest BCUT2D eigenvalue weighted by atomic mass is 32.1. The van der Waals surface area contributed by atoms with E-state index in [4.69, 9.17) is 0 Å². The highest BCUT2D eigenvalue weighted by molar-refractivity contribution is 7.16. The van der Waals surface area contributed by atoms with Crippen molar-refractivity contribution >= 4 is 38.9 Å². The van der Waals surface area contributed by atoms with Gasteiger partial charge in [0.1, 0.15) is 17.1 Å². The van der Waals surface area contributed by atoms with Crippen LogP contribution in [0.3, 0.4) is 0 Å². The predicted octanol–water partition coefficient (Wildman–Crippen LogP) is 2.64. The van der Waals surface area contributed by atoms with Gasteiger partial charge >= 0.3 is 0 Å². The van der Waals surface area contributed by atoms with Gasteiger partial charge in [0, 0.05) is 17.4 Å². The molecule has 0 unspecified atom stereocenters. The van der Waals surface area contributed by atoms with Gasteiger partial charge in [-0.05, 0) is 32.0 Å². The molecule has 138 valence electrons. The fourth-order valence-electron chi connectivity index (χ4n) is 2.88. The van der Waals surface area contributed by atoms with Crippen LogP contribution in [0.5, 0.6) is 0 Å². The van der Waals surface area contributed by atoms with E-state index in [0.29, 0.717) is 21.2 Å². The van der Waals surface area contributed by atoms with Crippen LogP contribution in [0.25, 0.3) is 16.0 Å². The zero-order valence-electron chi connectivity index (χ0n) is 14.3. The van der Waals surface area contributed by atoms with Crippen molar-refractivity contribution in [1.82, 2.24) is 19.2 Å². The number of nitrogens with one attached hydrogen (secondary N) is 1. The van der Waals surface area contributed by atoms with Gasteiger partial charge < -0.3 is 9.88 Å². The molecule has 0 saturated heterocycles. The minimum atomic E-state index is -1.06. The smallest absolute Gasteiger partial charge is 0.299 e. The fourth-order valence-corrected chi connectivity index (χ4v) is 3.62. The van der Waals surface area contributed by atoms with Crippen LogP contribution in [0.2, 0.25) is 0 Å². The number of aromatic nitrogens is 4. The number of hydrogen-bond acceptors (Lipinski definition) is 5. The molecule has 4 aromatic rings. The molecule has 10 heteroatoms. The van der Waals surface area contributed by atoms with E-state index >= 15 is 0 Å². The minimum Gasteiger partial charge on any atom is -0.330 e. The van der Waals surface area contributed by atoms with Crippen LogP contribution in [0.15, 0.2) is 29.1 Å². The lowest BCUT2D eigenvalue weighted by Gasteiger charge is -2.09. The molecule has 0 bridgehead atoms. The number of carbonyl (C=O) groups excluding carboxylic acids is 1. The van der Waals surface area contributed by atoms with Crippen molar-refractivity contribution in [3.63, 3.8) is 0 Å². The maximum atomic E-state index is 13.3. The molecule has 1 amide bonds. The third kappa shape index (κ3) is 2.97. The summed E-state index contributed by atoms with van der Waals surface area (Å²) >= 11 is 1.30. The summed E-state index contributed by atoms with van der Waals surface area (Å²) in [7, 11) is 0. The lowest BCUT2D eigenvalue weighted by molar-refractivity contribution is -0.116. The van der Waals surface area contributed by atoms with Crippen molar-refractivity contribution in [3.8, 4) is 0 Å². The Morgan fingerprint density at radius 1 is 1.22 bits per heavy atom. The van der Waals surface area contributed by atoms with E-state index in [1.54, 1.807) is 19.9 Å². The predicted molar refractivity (Wildman–Crippen MR) is 97.1 cm³/mol. The Morgan fingerprint density at radius 2 is 2.00 bits per heavy atom. The maximum Gasteiger partial charge on any atom is 0.299 e. The third-order valence-electron chi connectivity index (χ3n) is 4.06. The number of rotatable bonds is 3. The van der Waals surface area contributed by atoms with Crippen LogP contribution in [0.1, 0.15) is 10.7 Å². The van der Waals surface area contributed by atoms with E-state index in [1.165, 1.54) is 26.5 Å². The van der Waals surface area contributed by atoms with Crippen molar-refractivity contribution in [2.75, 3.05) is 5.32 Å². The zero-order valence-corrected chi connectivity index (χ0v) is 15.1. The molecular formula is C17H13F2N5O2S. The lowest BCUT2D eigenvalue weighted by atomic mass is 10.3. The Hall–Kier alpha value is -3.14. The summed E-state index contributed by atoms with van der Waals surface area (Å²) in [5.74, 6) is -2.54. The summed E-state index contributed by atoms with van der Waals surface area (Å²) in [5.41, 5.74) is 1.16. The molecule has 27 heavy (non-hydrogen) atoms. The van der Waals surface area contributed by atoms with Crippen LogP contribution >= 0.6 is 11.3 Å². The van der Waals surface area contributed by atoms with Crippen molar-refractivity contribution in [1.29, 1.82) is 0 Å². The number of halogens is 2. The topological polar surface area (TPSA) is 81.3 Å². The van der Waals surface area contributed by atoms with Crippen molar-refractivity contribution in [2.24, 2.45) is 0 Å². The molecule has 0 aliphatic rings. The summed E-state index contributed by atoms with van der Waals surface area (Å²) < 4.78 is 29.0. The molecule has 0 fully saturated rings. The lowest BCUT2D eigenvalue weighted by Crippen LogP contribution is -2.23. The van der Waals surface area contributed by atoms with Crippen LogP contribution in [0, 0.1) is 25.5 Å². The van der Waals surface area contributed by atoms with E-state index in [1.807, 2.05) is 0 Å². The third-order valence-corrected chi connectivity index (χ3v) is 4.88. The van der Waals surface area contributed by atoms with Gasteiger partial charge in [-0.15, -0.1) is 0 Å². The van der Waals surface area contributed by atoms with E-state index < -0.39 is 17.5 Å². The molecule has 0 radical (unpaired) electrons. The molecular weight excluding hydrogens is 376 g/mol. The van der Waals surface area contributed by atoms with Gasteiger partial charge in [-0.2, -0.15) is 9.61 Å². The Morgan fingerprint density at radius 3 is 2.74 bits per heavy atom. The molecule has 0 spiro atoms. The van der Waals surface area contributed by atoms with Gasteiger partial charge in [-0.3, -0.25) is 9.59 Å². The zero-order chi connectivity index (χ0) is 19.3. The first-order valence-electron chi connectivity index (χ1n) is 7.94. The highest BCUT2D eigenvalue weighted by Gasteiger charge is 2.17. The Labute approximate surface area is 154 Å². The van der Waals surface area contributed by atoms with Gasteiger partial charge in [-0.1, -0.05) is 11.3 Å².